The molecule has 3 aromatic rings. The average Bonchev–Trinajstić information content (AvgIpc) is 3.32. The molecule has 1 aliphatic rings. The molecule has 0 bridgehead atoms. The third-order valence-electron chi connectivity index (χ3n) is 4.47. The number of rotatable bonds is 6. The Balaban J connectivity index is 0.000000188. The minimum absolute atomic E-state index is 0.609. The fraction of sp³-hybridized carbons (Fsp3) is 0.353. The number of ether oxygens (including phenoxy) is 1. The van der Waals surface area contributed by atoms with Crippen molar-refractivity contribution in [3.63, 3.8) is 0 Å². The number of aliphatic hydroxyl groups is 3. The number of nitrogens with two attached hydrogens (primary N) is 1. The zero-order valence-corrected chi connectivity index (χ0v) is 17.4. The van der Waals surface area contributed by atoms with Gasteiger partial charge in [0.1, 0.15) is 30.2 Å². The number of phosphoric acid groups is 1. The van der Waals surface area contributed by atoms with Crippen LogP contribution in [0.25, 0.3) is 11.2 Å². The first-order chi connectivity index (χ1) is 15.2. The van der Waals surface area contributed by atoms with Crippen molar-refractivity contribution in [1.82, 2.24) is 19.9 Å². The largest absolute Gasteiger partial charge is 0.469 e. The Morgan fingerprint density at radius 1 is 1.16 bits per heavy atom. The van der Waals surface area contributed by atoms with E-state index in [1.807, 2.05) is 24.3 Å². The molecule has 32 heavy (non-hydrogen) atoms. The van der Waals surface area contributed by atoms with Crippen molar-refractivity contribution in [2.75, 3.05) is 17.7 Å². The van der Waals surface area contributed by atoms with Crippen LogP contribution in [0.2, 0.25) is 0 Å². The number of H-pyrrole nitrogens is 1. The van der Waals surface area contributed by atoms with E-state index in [4.69, 9.17) is 30.8 Å². The second-order valence-corrected chi connectivity index (χ2v) is 7.95. The Morgan fingerprint density at radius 2 is 1.91 bits per heavy atom. The maximum absolute atomic E-state index is 10.3. The van der Waals surface area contributed by atoms with Crippen molar-refractivity contribution in [3.05, 3.63) is 42.5 Å². The van der Waals surface area contributed by atoms with Crippen LogP contribution in [0.1, 0.15) is 5.56 Å². The molecular weight excluding hydrogens is 447 g/mol. The van der Waals surface area contributed by atoms with Crippen molar-refractivity contribution < 1.29 is 38.9 Å². The molecule has 0 aliphatic carbocycles. The van der Waals surface area contributed by atoms with E-state index in [2.05, 4.69) is 34.5 Å². The molecule has 15 heteroatoms. The molecule has 2 aromatic heterocycles. The average molecular weight is 470 g/mol. The molecule has 0 saturated carbocycles. The maximum Gasteiger partial charge on any atom is 0.469 e. The van der Waals surface area contributed by atoms with Crippen LogP contribution in [0.15, 0.2) is 36.9 Å². The van der Waals surface area contributed by atoms with E-state index >= 15 is 0 Å². The topological polar surface area (TPSA) is 229 Å². The molecule has 174 valence electrons. The Hall–Kier alpha value is -2.68. The normalized spacial score (nSPS) is 23.0. The second-order valence-electron chi connectivity index (χ2n) is 6.71. The fourth-order valence-corrected chi connectivity index (χ4v) is 3.15. The molecular formula is C17H23N6O8P. The molecule has 0 spiro atoms. The third-order valence-corrected chi connectivity index (χ3v) is 4.95. The highest BCUT2D eigenvalue weighted by molar-refractivity contribution is 7.46. The van der Waals surface area contributed by atoms with Gasteiger partial charge < -0.3 is 45.9 Å². The van der Waals surface area contributed by atoms with Gasteiger partial charge in [0.15, 0.2) is 17.8 Å². The van der Waals surface area contributed by atoms with E-state index < -0.39 is 39.0 Å². The zero-order valence-electron chi connectivity index (χ0n) is 16.5. The lowest BCUT2D eigenvalue weighted by atomic mass is 10.1. The number of anilines is 2. The number of nitrogens with one attached hydrogen (secondary N) is 2. The van der Waals surface area contributed by atoms with Crippen LogP contribution < -0.4 is 11.1 Å². The molecule has 0 amide bonds. The second kappa shape index (κ2) is 10.3. The lowest BCUT2D eigenvalue weighted by Gasteiger charge is -2.14. The molecule has 1 fully saturated rings. The lowest BCUT2D eigenvalue weighted by Crippen LogP contribution is -2.34. The van der Waals surface area contributed by atoms with Crippen molar-refractivity contribution in [3.8, 4) is 0 Å². The van der Waals surface area contributed by atoms with Gasteiger partial charge in [-0.25, -0.2) is 19.5 Å². The number of nitrogens with zero attached hydrogens (tertiary/aromatic N) is 3. The number of aromatic amines is 1. The van der Waals surface area contributed by atoms with Gasteiger partial charge in [0.25, 0.3) is 0 Å². The van der Waals surface area contributed by atoms with E-state index in [0.29, 0.717) is 12.2 Å². The first-order valence-corrected chi connectivity index (χ1v) is 10.8. The molecule has 4 rings (SSSR count). The van der Waals surface area contributed by atoms with Crippen LogP contribution in [0.5, 0.6) is 0 Å². The molecule has 14 nitrogen and oxygen atoms in total. The summed E-state index contributed by atoms with van der Waals surface area (Å²) < 4.78 is 18.9. The number of nitrogen functional groups attached to an aromatic ring is 1. The van der Waals surface area contributed by atoms with Gasteiger partial charge in [0.2, 0.25) is 0 Å². The highest BCUT2D eigenvalue weighted by Gasteiger charge is 2.42. The van der Waals surface area contributed by atoms with E-state index in [0.717, 1.165) is 22.6 Å². The fourth-order valence-electron chi connectivity index (χ4n) is 2.81. The van der Waals surface area contributed by atoms with E-state index in [9.17, 15) is 4.57 Å². The predicted octanol–water partition coefficient (Wildman–Crippen LogP) is -0.918. The van der Waals surface area contributed by atoms with Crippen molar-refractivity contribution in [2.45, 2.75) is 31.1 Å². The van der Waals surface area contributed by atoms with Gasteiger partial charge in [0.05, 0.1) is 12.9 Å². The van der Waals surface area contributed by atoms with Crippen molar-refractivity contribution in [1.29, 1.82) is 0 Å². The Morgan fingerprint density at radius 3 is 2.56 bits per heavy atom. The van der Waals surface area contributed by atoms with Crippen LogP contribution in [-0.4, -0.2) is 76.3 Å². The van der Waals surface area contributed by atoms with Gasteiger partial charge >= 0.3 is 7.82 Å². The molecule has 3 heterocycles. The van der Waals surface area contributed by atoms with Gasteiger partial charge in [-0.05, 0) is 11.6 Å². The number of benzene rings is 1. The number of para-hydroxylation sites is 1. The summed E-state index contributed by atoms with van der Waals surface area (Å²) in [6, 6.07) is 7.73. The molecule has 0 radical (unpaired) electrons. The lowest BCUT2D eigenvalue weighted by molar-refractivity contribution is -0.132. The maximum atomic E-state index is 10.3. The minimum atomic E-state index is -4.64. The zero-order chi connectivity index (χ0) is 23.3. The number of imidazole rings is 1. The summed E-state index contributed by atoms with van der Waals surface area (Å²) in [6.45, 7) is -0.00261. The summed E-state index contributed by atoms with van der Waals surface area (Å²) in [7, 11) is -4.64. The Labute approximate surface area is 181 Å². The molecule has 9 N–H and O–H groups in total. The summed E-state index contributed by atoms with van der Waals surface area (Å²) in [5.74, 6) is 0.723. The summed E-state index contributed by atoms with van der Waals surface area (Å²) in [5.41, 5.74) is 9.12. The summed E-state index contributed by atoms with van der Waals surface area (Å²) in [4.78, 5) is 32.0. The van der Waals surface area contributed by atoms with Crippen LogP contribution in [-0.2, 0) is 20.4 Å². The van der Waals surface area contributed by atoms with Gasteiger partial charge in [-0.2, -0.15) is 0 Å². The van der Waals surface area contributed by atoms with Crippen LogP contribution in [0.3, 0.4) is 0 Å². The summed E-state index contributed by atoms with van der Waals surface area (Å²) in [5, 5.41) is 30.3. The number of fused-ring (bicyclic) bond motifs is 1. The molecule has 1 aliphatic heterocycles. The molecule has 1 unspecified atom stereocenters. The van der Waals surface area contributed by atoms with Crippen LogP contribution in [0, 0.1) is 0 Å². The number of hydrogen-bond acceptors (Lipinski definition) is 11. The Bertz CT molecular complexity index is 1080. The number of aliphatic hydroxyl groups excluding tert-OH is 3. The van der Waals surface area contributed by atoms with Gasteiger partial charge in [-0.1, -0.05) is 18.2 Å². The van der Waals surface area contributed by atoms with Gasteiger partial charge in [-0.3, -0.25) is 4.52 Å². The monoisotopic (exact) mass is 470 g/mol. The highest BCUT2D eigenvalue weighted by atomic mass is 31.2. The SMILES string of the molecule is Nc1ccccc1CNc1ncnc2nc[nH]c12.O=P(O)(O)OC[C@H]1OC(O)[C@H](O)[C@@H]1O. The first-order valence-electron chi connectivity index (χ1n) is 9.27. The van der Waals surface area contributed by atoms with E-state index in [1.54, 1.807) is 6.33 Å². The number of hydrogen-bond donors (Lipinski definition) is 8. The van der Waals surface area contributed by atoms with Crippen molar-refractivity contribution >= 4 is 30.5 Å². The molecule has 1 saturated heterocycles. The molecule has 4 atom stereocenters. The smallest absolute Gasteiger partial charge is 0.398 e. The minimum Gasteiger partial charge on any atom is -0.398 e. The number of phosphoric ester groups is 1. The van der Waals surface area contributed by atoms with Crippen molar-refractivity contribution in [2.24, 2.45) is 0 Å². The molecule has 1 aromatic carbocycles. The Kier molecular flexibility index (Phi) is 7.71. The third kappa shape index (κ3) is 6.18. The van der Waals surface area contributed by atoms with Gasteiger partial charge in [-0.15, -0.1) is 0 Å². The first kappa shape index (κ1) is 24.0. The summed E-state index contributed by atoms with van der Waals surface area (Å²) in [6.07, 6.45) is -2.58. The standard InChI is InChI=1S/C12H12N6.C5H11O8P/c13-9-4-2-1-3-8(9)5-14-11-10-12(16-6-15-10)18-7-17-11;6-3-2(1-12-14(9,10)11)13-5(8)4(3)7/h1-4,6-7H,5,13H2,(H2,14,15,16,17,18);2-8H,1H2,(H2,9,10,11)/t;2-,3-,4-,5?/m.1/s1. The number of aromatic nitrogens is 4. The van der Waals surface area contributed by atoms with Crippen LogP contribution in [0.4, 0.5) is 11.5 Å². The quantitative estimate of drug-likeness (QED) is 0.161. The van der Waals surface area contributed by atoms with E-state index in [1.165, 1.54) is 6.33 Å². The highest BCUT2D eigenvalue weighted by Crippen LogP contribution is 2.37. The van der Waals surface area contributed by atoms with E-state index in [-0.39, 0.29) is 0 Å². The predicted molar refractivity (Wildman–Crippen MR) is 111 cm³/mol. The van der Waals surface area contributed by atoms with Crippen LogP contribution >= 0.6 is 7.82 Å². The summed E-state index contributed by atoms with van der Waals surface area (Å²) >= 11 is 0. The van der Waals surface area contributed by atoms with Gasteiger partial charge in [0, 0.05) is 12.2 Å².